The molecule has 1 amide bonds. The van der Waals surface area contributed by atoms with E-state index in [0.717, 1.165) is 28.9 Å². The number of ketones is 1. The molecule has 0 saturated carbocycles. The van der Waals surface area contributed by atoms with E-state index in [0.29, 0.717) is 65.3 Å². The Morgan fingerprint density at radius 3 is 2.60 bits per heavy atom. The summed E-state index contributed by atoms with van der Waals surface area (Å²) < 4.78 is 24.3. The molecule has 45 heavy (non-hydrogen) atoms. The number of aromatic nitrogens is 1. The van der Waals surface area contributed by atoms with E-state index in [1.165, 1.54) is 16.2 Å². The van der Waals surface area contributed by atoms with Crippen LogP contribution in [0.5, 0.6) is 23.0 Å². The minimum Gasteiger partial charge on any atom is -0.507 e. The number of anilines is 1. The van der Waals surface area contributed by atoms with Gasteiger partial charge in [-0.1, -0.05) is 30.7 Å². The maximum absolute atomic E-state index is 13.9. The Morgan fingerprint density at radius 2 is 1.82 bits per heavy atom. The van der Waals surface area contributed by atoms with Crippen molar-refractivity contribution in [1.82, 2.24) is 4.98 Å². The molecule has 9 nitrogen and oxygen atoms in total. The van der Waals surface area contributed by atoms with Crippen molar-refractivity contribution in [2.24, 2.45) is 0 Å². The number of ether oxygens (including phenoxy) is 4. The third-order valence-electron chi connectivity index (χ3n) is 7.82. The first-order valence-electron chi connectivity index (χ1n) is 15.4. The molecule has 10 heteroatoms. The number of aliphatic hydroxyl groups is 1. The molecular weight excluding hydrogens is 592 g/mol. The highest BCUT2D eigenvalue weighted by Gasteiger charge is 2.48. The molecule has 0 spiro atoms. The van der Waals surface area contributed by atoms with Crippen molar-refractivity contribution >= 4 is 44.1 Å². The van der Waals surface area contributed by atoms with Gasteiger partial charge in [0.05, 0.1) is 41.7 Å². The molecule has 0 radical (unpaired) electrons. The topological polar surface area (TPSA) is 107 Å². The molecule has 0 bridgehead atoms. The van der Waals surface area contributed by atoms with Gasteiger partial charge in [-0.05, 0) is 86.8 Å². The zero-order valence-electron chi connectivity index (χ0n) is 25.8. The van der Waals surface area contributed by atoms with Gasteiger partial charge in [0.2, 0.25) is 0 Å². The smallest absolute Gasteiger partial charge is 0.301 e. The number of hydrogen-bond donors (Lipinski definition) is 1. The summed E-state index contributed by atoms with van der Waals surface area (Å²) in [6.45, 7) is 9.30. The van der Waals surface area contributed by atoms with Crippen LogP contribution in [0.25, 0.3) is 16.0 Å². The molecular formula is C35H36N2O7S. The van der Waals surface area contributed by atoms with E-state index in [4.69, 9.17) is 23.9 Å². The van der Waals surface area contributed by atoms with E-state index in [2.05, 4.69) is 6.92 Å². The average molecular weight is 629 g/mol. The maximum atomic E-state index is 13.9. The third kappa shape index (κ3) is 5.82. The number of hydrogen-bond acceptors (Lipinski definition) is 9. The lowest BCUT2D eigenvalue weighted by atomic mass is 9.94. The summed E-state index contributed by atoms with van der Waals surface area (Å²) in [5.41, 5.74) is 2.59. The summed E-state index contributed by atoms with van der Waals surface area (Å²) in [4.78, 5) is 33.8. The summed E-state index contributed by atoms with van der Waals surface area (Å²) in [5, 5.41) is 12.1. The number of unbranched alkanes of at least 4 members (excludes halogenated alkanes) is 1. The minimum absolute atomic E-state index is 0.0142. The molecule has 3 heterocycles. The molecule has 2 aliphatic rings. The second kappa shape index (κ2) is 12.8. The van der Waals surface area contributed by atoms with Crippen LogP contribution >= 0.6 is 11.3 Å². The fourth-order valence-corrected chi connectivity index (χ4v) is 6.75. The van der Waals surface area contributed by atoms with Crippen molar-refractivity contribution in [1.29, 1.82) is 0 Å². The number of fused-ring (bicyclic) bond motifs is 2. The summed E-state index contributed by atoms with van der Waals surface area (Å²) in [5.74, 6) is 0.672. The number of Topliss-reactive ketones (excluding diaryl/α,β-unsaturated/α-hetero) is 1. The quantitative estimate of drug-likeness (QED) is 0.0803. The number of carbonyl (C=O) groups is 2. The minimum atomic E-state index is -0.968. The number of rotatable bonds is 11. The van der Waals surface area contributed by atoms with Gasteiger partial charge in [-0.3, -0.25) is 14.5 Å². The standard InChI is InChI=1S/C35H36N2O7S/c1-5-8-15-43-27-14-9-21(18-28(27)42-7-3)31-30(32(38)22-10-13-26-23(17-22)16-20(4)44-26)33(39)34(40)37(31)35-36-25-12-11-24(41-6-2)19-29(25)45-35/h9-14,17-20,31,38H,5-8,15-16H2,1-4H3/b32-30+. The number of carbonyl (C=O) groups excluding carboxylic acids is 2. The first-order valence-corrected chi connectivity index (χ1v) is 16.2. The number of thiazole rings is 1. The van der Waals surface area contributed by atoms with Crippen LogP contribution in [0.1, 0.15) is 63.3 Å². The SMILES string of the molecule is CCCCOc1ccc(C2/C(=C(\O)c3ccc4c(c3)CC(C)O4)C(=O)C(=O)N2c2nc3ccc(OCC)cc3s2)cc1OCC. The monoisotopic (exact) mass is 628 g/mol. The van der Waals surface area contributed by atoms with Gasteiger partial charge in [0.25, 0.3) is 5.78 Å². The Labute approximate surface area is 266 Å². The number of benzene rings is 3. The Kier molecular flexibility index (Phi) is 8.67. The fraction of sp³-hybridized carbons (Fsp3) is 0.343. The van der Waals surface area contributed by atoms with Gasteiger partial charge in [0.15, 0.2) is 16.6 Å². The van der Waals surface area contributed by atoms with Crippen LogP contribution in [0.2, 0.25) is 0 Å². The van der Waals surface area contributed by atoms with Crippen LogP contribution in [0, 0.1) is 0 Å². The van der Waals surface area contributed by atoms with E-state index >= 15 is 0 Å². The molecule has 2 atom stereocenters. The molecule has 2 aliphatic heterocycles. The van der Waals surface area contributed by atoms with E-state index < -0.39 is 17.7 Å². The van der Waals surface area contributed by atoms with E-state index in [9.17, 15) is 14.7 Å². The summed E-state index contributed by atoms with van der Waals surface area (Å²) in [7, 11) is 0. The van der Waals surface area contributed by atoms with Crippen molar-refractivity contribution in [3.8, 4) is 23.0 Å². The predicted molar refractivity (Wildman–Crippen MR) is 174 cm³/mol. The normalized spacial score (nSPS) is 18.7. The van der Waals surface area contributed by atoms with E-state index in [-0.39, 0.29) is 17.4 Å². The first-order chi connectivity index (χ1) is 21.8. The molecule has 1 fully saturated rings. The van der Waals surface area contributed by atoms with Gasteiger partial charge in [-0.15, -0.1) is 0 Å². The molecule has 6 rings (SSSR count). The molecule has 1 saturated heterocycles. The van der Waals surface area contributed by atoms with Crippen LogP contribution in [0.15, 0.2) is 60.2 Å². The predicted octanol–water partition coefficient (Wildman–Crippen LogP) is 7.22. The van der Waals surface area contributed by atoms with Gasteiger partial charge < -0.3 is 24.1 Å². The Bertz CT molecular complexity index is 1800. The van der Waals surface area contributed by atoms with Crippen LogP contribution in [0.4, 0.5) is 5.13 Å². The Hall–Kier alpha value is -4.57. The zero-order valence-corrected chi connectivity index (χ0v) is 26.6. The highest BCUT2D eigenvalue weighted by atomic mass is 32.1. The molecule has 4 aromatic rings. The van der Waals surface area contributed by atoms with Crippen LogP contribution in [-0.2, 0) is 16.0 Å². The zero-order chi connectivity index (χ0) is 31.7. The largest absolute Gasteiger partial charge is 0.507 e. The van der Waals surface area contributed by atoms with Crippen molar-refractivity contribution in [3.05, 3.63) is 76.9 Å². The van der Waals surface area contributed by atoms with Crippen molar-refractivity contribution in [2.75, 3.05) is 24.7 Å². The molecule has 0 aliphatic carbocycles. The second-order valence-electron chi connectivity index (χ2n) is 11.0. The van der Waals surface area contributed by atoms with Crippen LogP contribution in [0.3, 0.4) is 0 Å². The van der Waals surface area contributed by atoms with Gasteiger partial charge in [0, 0.05) is 12.0 Å². The molecule has 3 aromatic carbocycles. The molecule has 1 aromatic heterocycles. The number of aliphatic hydroxyl groups excluding tert-OH is 1. The fourth-order valence-electron chi connectivity index (χ4n) is 5.73. The van der Waals surface area contributed by atoms with Gasteiger partial charge >= 0.3 is 5.91 Å². The lowest BCUT2D eigenvalue weighted by Gasteiger charge is -2.24. The number of nitrogens with zero attached hydrogens (tertiary/aromatic N) is 2. The van der Waals surface area contributed by atoms with Crippen molar-refractivity contribution in [3.63, 3.8) is 0 Å². The summed E-state index contributed by atoms with van der Waals surface area (Å²) in [6.07, 6.45) is 2.57. The molecule has 1 N–H and O–H groups in total. The molecule has 2 unspecified atom stereocenters. The van der Waals surface area contributed by atoms with Gasteiger partial charge in [0.1, 0.15) is 23.4 Å². The summed E-state index contributed by atoms with van der Waals surface area (Å²) >= 11 is 1.28. The molecule has 234 valence electrons. The Balaban J connectivity index is 1.50. The summed E-state index contributed by atoms with van der Waals surface area (Å²) in [6, 6.07) is 15.2. The van der Waals surface area contributed by atoms with Crippen LogP contribution < -0.4 is 23.8 Å². The van der Waals surface area contributed by atoms with Crippen molar-refractivity contribution in [2.45, 2.75) is 59.1 Å². The van der Waals surface area contributed by atoms with Gasteiger partial charge in [-0.2, -0.15) is 0 Å². The number of amides is 1. The Morgan fingerprint density at radius 1 is 1.00 bits per heavy atom. The highest BCUT2D eigenvalue weighted by molar-refractivity contribution is 7.22. The average Bonchev–Trinajstić information content (AvgIpc) is 3.69. The van der Waals surface area contributed by atoms with Crippen molar-refractivity contribution < 1.29 is 33.6 Å². The van der Waals surface area contributed by atoms with Crippen LogP contribution in [-0.4, -0.2) is 47.7 Å². The maximum Gasteiger partial charge on any atom is 0.301 e. The first kappa shape index (κ1) is 30.5. The van der Waals surface area contributed by atoms with Gasteiger partial charge in [-0.25, -0.2) is 4.98 Å². The third-order valence-corrected chi connectivity index (χ3v) is 8.84. The lowest BCUT2D eigenvalue weighted by molar-refractivity contribution is -0.132. The van der Waals surface area contributed by atoms with E-state index in [1.807, 2.05) is 45.0 Å². The second-order valence-corrected chi connectivity index (χ2v) is 12.0. The lowest BCUT2D eigenvalue weighted by Crippen LogP contribution is -2.29. The highest BCUT2D eigenvalue weighted by Crippen LogP contribution is 2.46. The van der Waals surface area contributed by atoms with E-state index in [1.54, 1.807) is 30.3 Å².